The van der Waals surface area contributed by atoms with Gasteiger partial charge in [-0.2, -0.15) is 0 Å². The highest BCUT2D eigenvalue weighted by molar-refractivity contribution is 6.30. The third kappa shape index (κ3) is 3.31. The predicted molar refractivity (Wildman–Crippen MR) is 75.7 cm³/mol. The van der Waals surface area contributed by atoms with Gasteiger partial charge in [0.25, 0.3) is 0 Å². The number of hydrogen-bond donors (Lipinski definition) is 1. The molecule has 0 saturated carbocycles. The molecular weight excluding hydrogens is 244 g/mol. The number of hydrogen-bond acceptors (Lipinski definition) is 2. The molecule has 0 aliphatic carbocycles. The van der Waals surface area contributed by atoms with Crippen LogP contribution in [0.15, 0.2) is 48.8 Å². The quantitative estimate of drug-likeness (QED) is 0.893. The van der Waals surface area contributed by atoms with Gasteiger partial charge in [0, 0.05) is 29.5 Å². The summed E-state index contributed by atoms with van der Waals surface area (Å²) in [4.78, 5) is 4.14. The van der Waals surface area contributed by atoms with Crippen LogP contribution in [0.4, 0.5) is 0 Å². The summed E-state index contributed by atoms with van der Waals surface area (Å²) in [5, 5.41) is 4.32. The lowest BCUT2D eigenvalue weighted by molar-refractivity contribution is 0.494. The minimum absolute atomic E-state index is 0.268. The van der Waals surface area contributed by atoms with Crippen LogP contribution in [-0.4, -0.2) is 4.98 Å². The van der Waals surface area contributed by atoms with Crippen LogP contribution in [0, 0.1) is 0 Å². The van der Waals surface area contributed by atoms with Crippen LogP contribution in [0.5, 0.6) is 0 Å². The summed E-state index contributed by atoms with van der Waals surface area (Å²) in [5.41, 5.74) is 2.42. The van der Waals surface area contributed by atoms with E-state index in [1.54, 1.807) is 6.20 Å². The Balaban J connectivity index is 2.03. The Labute approximate surface area is 113 Å². The SMILES string of the molecule is CC(N[C@@H](C)c1cccnc1)c1ccc(Cl)cc1. The van der Waals surface area contributed by atoms with E-state index >= 15 is 0 Å². The molecule has 1 heterocycles. The summed E-state index contributed by atoms with van der Waals surface area (Å²) in [5.74, 6) is 0. The first-order valence-electron chi connectivity index (χ1n) is 6.08. The van der Waals surface area contributed by atoms with Gasteiger partial charge < -0.3 is 5.32 Å². The maximum Gasteiger partial charge on any atom is 0.0406 e. The number of nitrogens with zero attached hydrogens (tertiary/aromatic N) is 1. The molecule has 1 N–H and O–H groups in total. The van der Waals surface area contributed by atoms with E-state index in [1.165, 1.54) is 11.1 Å². The Kier molecular flexibility index (Phi) is 4.34. The monoisotopic (exact) mass is 260 g/mol. The van der Waals surface area contributed by atoms with E-state index in [9.17, 15) is 0 Å². The molecule has 0 saturated heterocycles. The van der Waals surface area contributed by atoms with Crippen molar-refractivity contribution in [1.82, 2.24) is 10.3 Å². The zero-order valence-corrected chi connectivity index (χ0v) is 11.4. The lowest BCUT2D eigenvalue weighted by atomic mass is 10.1. The second kappa shape index (κ2) is 5.98. The van der Waals surface area contributed by atoms with Crippen molar-refractivity contribution in [3.05, 3.63) is 64.9 Å². The Morgan fingerprint density at radius 1 is 1.00 bits per heavy atom. The second-order valence-corrected chi connectivity index (χ2v) is 4.88. The van der Waals surface area contributed by atoms with E-state index in [0.29, 0.717) is 0 Å². The molecule has 1 aromatic heterocycles. The Bertz CT molecular complexity index is 482. The topological polar surface area (TPSA) is 24.9 Å². The van der Waals surface area contributed by atoms with Gasteiger partial charge in [-0.25, -0.2) is 0 Å². The molecule has 1 unspecified atom stereocenters. The van der Waals surface area contributed by atoms with Crippen molar-refractivity contribution < 1.29 is 0 Å². The lowest BCUT2D eigenvalue weighted by Crippen LogP contribution is -2.22. The van der Waals surface area contributed by atoms with Gasteiger partial charge >= 0.3 is 0 Å². The molecule has 94 valence electrons. The van der Waals surface area contributed by atoms with Gasteiger partial charge in [-0.05, 0) is 43.2 Å². The highest BCUT2D eigenvalue weighted by Gasteiger charge is 2.10. The van der Waals surface area contributed by atoms with E-state index in [4.69, 9.17) is 11.6 Å². The molecule has 2 aromatic rings. The van der Waals surface area contributed by atoms with Gasteiger partial charge in [0.1, 0.15) is 0 Å². The molecule has 2 nitrogen and oxygen atoms in total. The van der Waals surface area contributed by atoms with Gasteiger partial charge in [-0.1, -0.05) is 29.8 Å². The molecule has 1 aromatic carbocycles. The zero-order chi connectivity index (χ0) is 13.0. The van der Waals surface area contributed by atoms with Crippen LogP contribution < -0.4 is 5.32 Å². The van der Waals surface area contributed by atoms with Crippen molar-refractivity contribution in [2.45, 2.75) is 25.9 Å². The van der Waals surface area contributed by atoms with Crippen LogP contribution in [0.2, 0.25) is 5.02 Å². The molecular formula is C15H17ClN2. The summed E-state index contributed by atoms with van der Waals surface area (Å²) in [6.07, 6.45) is 3.69. The Morgan fingerprint density at radius 3 is 2.28 bits per heavy atom. The number of aromatic nitrogens is 1. The molecule has 0 aliphatic rings. The molecule has 3 heteroatoms. The first kappa shape index (κ1) is 13.1. The molecule has 2 atom stereocenters. The van der Waals surface area contributed by atoms with E-state index in [0.717, 1.165) is 5.02 Å². The van der Waals surface area contributed by atoms with E-state index in [-0.39, 0.29) is 12.1 Å². The van der Waals surface area contributed by atoms with Crippen molar-refractivity contribution >= 4 is 11.6 Å². The van der Waals surface area contributed by atoms with Crippen molar-refractivity contribution in [2.75, 3.05) is 0 Å². The molecule has 18 heavy (non-hydrogen) atoms. The number of pyridine rings is 1. The Hall–Kier alpha value is -1.38. The molecule has 2 rings (SSSR count). The van der Waals surface area contributed by atoms with Gasteiger partial charge in [0.05, 0.1) is 0 Å². The molecule has 0 aliphatic heterocycles. The molecule has 0 fully saturated rings. The third-order valence-electron chi connectivity index (χ3n) is 3.05. The van der Waals surface area contributed by atoms with Gasteiger partial charge in [-0.15, -0.1) is 0 Å². The molecule has 0 bridgehead atoms. The Morgan fingerprint density at radius 2 is 1.67 bits per heavy atom. The lowest BCUT2D eigenvalue weighted by Gasteiger charge is -2.20. The average Bonchev–Trinajstić information content (AvgIpc) is 2.40. The summed E-state index contributed by atoms with van der Waals surface area (Å²) < 4.78 is 0. The van der Waals surface area contributed by atoms with Crippen molar-refractivity contribution in [3.63, 3.8) is 0 Å². The maximum atomic E-state index is 5.89. The number of halogens is 1. The smallest absolute Gasteiger partial charge is 0.0406 e. The van der Waals surface area contributed by atoms with Crippen LogP contribution >= 0.6 is 11.6 Å². The van der Waals surface area contributed by atoms with Crippen molar-refractivity contribution in [3.8, 4) is 0 Å². The van der Waals surface area contributed by atoms with Gasteiger partial charge in [-0.3, -0.25) is 4.98 Å². The number of nitrogens with one attached hydrogen (secondary N) is 1. The standard InChI is InChI=1S/C15H17ClN2/c1-11(13-5-7-15(16)8-6-13)18-12(2)14-4-3-9-17-10-14/h3-12,18H,1-2H3/t11?,12-/m0/s1. The van der Waals surface area contributed by atoms with E-state index in [2.05, 4.69) is 42.3 Å². The first-order valence-corrected chi connectivity index (χ1v) is 6.46. The largest absolute Gasteiger partial charge is 0.304 e. The number of benzene rings is 1. The van der Waals surface area contributed by atoms with E-state index < -0.39 is 0 Å². The molecule has 0 spiro atoms. The minimum atomic E-state index is 0.268. The molecule has 0 amide bonds. The molecule has 0 radical (unpaired) electrons. The normalized spacial score (nSPS) is 14.2. The van der Waals surface area contributed by atoms with Crippen LogP contribution in [-0.2, 0) is 0 Å². The van der Waals surface area contributed by atoms with Gasteiger partial charge in [0.15, 0.2) is 0 Å². The zero-order valence-electron chi connectivity index (χ0n) is 10.6. The fourth-order valence-corrected chi connectivity index (χ4v) is 2.08. The van der Waals surface area contributed by atoms with Crippen molar-refractivity contribution in [1.29, 1.82) is 0 Å². The third-order valence-corrected chi connectivity index (χ3v) is 3.31. The highest BCUT2D eigenvalue weighted by atomic mass is 35.5. The maximum absolute atomic E-state index is 5.89. The summed E-state index contributed by atoms with van der Waals surface area (Å²) in [6.45, 7) is 4.29. The van der Waals surface area contributed by atoms with Crippen LogP contribution in [0.3, 0.4) is 0 Å². The van der Waals surface area contributed by atoms with E-state index in [1.807, 2.05) is 24.4 Å². The summed E-state index contributed by atoms with van der Waals surface area (Å²) >= 11 is 5.89. The second-order valence-electron chi connectivity index (χ2n) is 4.45. The fraction of sp³-hybridized carbons (Fsp3) is 0.267. The predicted octanol–water partition coefficient (Wildman–Crippen LogP) is 4.15. The number of rotatable bonds is 4. The average molecular weight is 261 g/mol. The highest BCUT2D eigenvalue weighted by Crippen LogP contribution is 2.20. The van der Waals surface area contributed by atoms with Crippen LogP contribution in [0.1, 0.15) is 37.1 Å². The van der Waals surface area contributed by atoms with Gasteiger partial charge in [0.2, 0.25) is 0 Å². The summed E-state index contributed by atoms with van der Waals surface area (Å²) in [7, 11) is 0. The van der Waals surface area contributed by atoms with Crippen LogP contribution in [0.25, 0.3) is 0 Å². The summed E-state index contributed by atoms with van der Waals surface area (Å²) in [6, 6.07) is 12.5. The fourth-order valence-electron chi connectivity index (χ4n) is 1.95. The minimum Gasteiger partial charge on any atom is -0.304 e. The van der Waals surface area contributed by atoms with Crippen molar-refractivity contribution in [2.24, 2.45) is 0 Å². The first-order chi connectivity index (χ1) is 8.66.